The van der Waals surface area contributed by atoms with Crippen LogP contribution in [0.1, 0.15) is 25.3 Å². The number of aryl methyl sites for hydroxylation is 1. The molecule has 0 fully saturated rings. The van der Waals surface area contributed by atoms with Crippen molar-refractivity contribution < 1.29 is 4.79 Å². The first-order valence-electron chi connectivity index (χ1n) is 7.33. The molecule has 1 heterocycles. The number of aromatic amines is 1. The maximum Gasteiger partial charge on any atom is 0.220 e. The van der Waals surface area contributed by atoms with Crippen molar-refractivity contribution in [1.29, 1.82) is 0 Å². The van der Waals surface area contributed by atoms with E-state index in [-0.39, 0.29) is 5.91 Å². The second kappa shape index (κ2) is 7.70. The van der Waals surface area contributed by atoms with Crippen molar-refractivity contribution in [2.45, 2.75) is 26.2 Å². The fraction of sp³-hybridized carbons (Fsp3) is 0.438. The molecule has 0 aliphatic carbocycles. The minimum atomic E-state index is 0.119. The van der Waals surface area contributed by atoms with Gasteiger partial charge in [-0.1, -0.05) is 25.1 Å². The molecule has 0 atom stereocenters. The van der Waals surface area contributed by atoms with Crippen LogP contribution in [0.3, 0.4) is 0 Å². The van der Waals surface area contributed by atoms with Crippen LogP contribution in [0, 0.1) is 0 Å². The largest absolute Gasteiger partial charge is 0.361 e. The van der Waals surface area contributed by atoms with Crippen LogP contribution in [0.4, 0.5) is 0 Å². The lowest BCUT2D eigenvalue weighted by Gasteiger charge is -2.05. The Balaban J connectivity index is 1.73. The summed E-state index contributed by atoms with van der Waals surface area (Å²) in [5.74, 6) is 0.119. The minimum Gasteiger partial charge on any atom is -0.361 e. The van der Waals surface area contributed by atoms with E-state index in [1.807, 2.05) is 18.3 Å². The number of hydrogen-bond acceptors (Lipinski definition) is 2. The van der Waals surface area contributed by atoms with Gasteiger partial charge in [-0.15, -0.1) is 0 Å². The highest BCUT2D eigenvalue weighted by Gasteiger charge is 2.06. The Morgan fingerprint density at radius 2 is 2.05 bits per heavy atom. The van der Waals surface area contributed by atoms with Gasteiger partial charge in [0.1, 0.15) is 0 Å². The number of benzene rings is 1. The number of H-pyrrole nitrogens is 1. The molecule has 0 unspecified atom stereocenters. The fourth-order valence-electron chi connectivity index (χ4n) is 2.27. The van der Waals surface area contributed by atoms with Crippen molar-refractivity contribution in [2.75, 3.05) is 19.6 Å². The molecule has 0 spiro atoms. The second-order valence-electron chi connectivity index (χ2n) is 4.96. The predicted molar refractivity (Wildman–Crippen MR) is 82.8 cm³/mol. The summed E-state index contributed by atoms with van der Waals surface area (Å²) in [5, 5.41) is 7.42. The first-order chi connectivity index (χ1) is 9.81. The fourth-order valence-corrected chi connectivity index (χ4v) is 2.27. The van der Waals surface area contributed by atoms with E-state index < -0.39 is 0 Å². The highest BCUT2D eigenvalue weighted by atomic mass is 16.1. The Bertz CT molecular complexity index is 547. The van der Waals surface area contributed by atoms with Crippen molar-refractivity contribution >= 4 is 16.8 Å². The van der Waals surface area contributed by atoms with Gasteiger partial charge in [0.25, 0.3) is 0 Å². The molecule has 4 nitrogen and oxygen atoms in total. The molecule has 1 aromatic heterocycles. The van der Waals surface area contributed by atoms with Crippen LogP contribution in [0.5, 0.6) is 0 Å². The molecule has 1 amide bonds. The third-order valence-corrected chi connectivity index (χ3v) is 3.35. The number of para-hydroxylation sites is 1. The summed E-state index contributed by atoms with van der Waals surface area (Å²) in [6.07, 6.45) is 4.43. The Morgan fingerprint density at radius 1 is 1.20 bits per heavy atom. The number of carbonyl (C=O) groups excluding carboxylic acids is 1. The Labute approximate surface area is 120 Å². The molecule has 0 saturated carbocycles. The average molecular weight is 273 g/mol. The van der Waals surface area contributed by atoms with E-state index in [1.165, 1.54) is 10.9 Å². The highest BCUT2D eigenvalue weighted by Crippen LogP contribution is 2.18. The van der Waals surface area contributed by atoms with Crippen molar-refractivity contribution in [3.63, 3.8) is 0 Å². The second-order valence-corrected chi connectivity index (χ2v) is 4.96. The first-order valence-corrected chi connectivity index (χ1v) is 7.33. The highest BCUT2D eigenvalue weighted by molar-refractivity contribution is 5.84. The monoisotopic (exact) mass is 273 g/mol. The lowest BCUT2D eigenvalue weighted by Crippen LogP contribution is -2.32. The molecule has 0 aliphatic heterocycles. The SMILES string of the molecule is CCCNCCNC(=O)CCc1c[nH]c2ccccc12. The molecule has 1 aromatic carbocycles. The number of hydrogen-bond donors (Lipinski definition) is 3. The number of carbonyl (C=O) groups is 1. The van der Waals surface area contributed by atoms with Gasteiger partial charge in [-0.3, -0.25) is 4.79 Å². The number of rotatable bonds is 8. The Hall–Kier alpha value is -1.81. The molecule has 108 valence electrons. The molecule has 20 heavy (non-hydrogen) atoms. The summed E-state index contributed by atoms with van der Waals surface area (Å²) in [6.45, 7) is 4.68. The summed E-state index contributed by atoms with van der Waals surface area (Å²) in [7, 11) is 0. The molecule has 2 rings (SSSR count). The van der Waals surface area contributed by atoms with Gasteiger partial charge in [0.05, 0.1) is 0 Å². The minimum absolute atomic E-state index is 0.119. The van der Waals surface area contributed by atoms with E-state index >= 15 is 0 Å². The van der Waals surface area contributed by atoms with Crippen molar-refractivity contribution in [2.24, 2.45) is 0 Å². The van der Waals surface area contributed by atoms with Gasteiger partial charge < -0.3 is 15.6 Å². The van der Waals surface area contributed by atoms with Crippen molar-refractivity contribution in [3.8, 4) is 0 Å². The van der Waals surface area contributed by atoms with Gasteiger partial charge in [0, 0.05) is 36.6 Å². The zero-order valence-electron chi connectivity index (χ0n) is 12.0. The number of nitrogens with one attached hydrogen (secondary N) is 3. The summed E-state index contributed by atoms with van der Waals surface area (Å²) in [6, 6.07) is 8.18. The van der Waals surface area contributed by atoms with Crippen LogP contribution in [0.25, 0.3) is 10.9 Å². The van der Waals surface area contributed by atoms with Gasteiger partial charge >= 0.3 is 0 Å². The molecule has 0 bridgehead atoms. The van der Waals surface area contributed by atoms with E-state index in [2.05, 4.69) is 34.7 Å². The molecule has 0 saturated heterocycles. The van der Waals surface area contributed by atoms with Crippen molar-refractivity contribution in [1.82, 2.24) is 15.6 Å². The quantitative estimate of drug-likeness (QED) is 0.646. The van der Waals surface area contributed by atoms with Crippen molar-refractivity contribution in [3.05, 3.63) is 36.0 Å². The first kappa shape index (κ1) is 14.6. The van der Waals surface area contributed by atoms with Gasteiger partial charge in [-0.05, 0) is 31.0 Å². The molecule has 4 heteroatoms. The summed E-state index contributed by atoms with van der Waals surface area (Å²) < 4.78 is 0. The van der Waals surface area contributed by atoms with Gasteiger partial charge in [-0.25, -0.2) is 0 Å². The predicted octanol–water partition coefficient (Wildman–Crippen LogP) is 2.22. The summed E-state index contributed by atoms with van der Waals surface area (Å²) in [4.78, 5) is 15.0. The maximum absolute atomic E-state index is 11.8. The average Bonchev–Trinajstić information content (AvgIpc) is 2.88. The lowest BCUT2D eigenvalue weighted by atomic mass is 10.1. The smallest absolute Gasteiger partial charge is 0.220 e. The zero-order chi connectivity index (χ0) is 14.2. The Kier molecular flexibility index (Phi) is 5.62. The number of fused-ring (bicyclic) bond motifs is 1. The summed E-state index contributed by atoms with van der Waals surface area (Å²) >= 11 is 0. The maximum atomic E-state index is 11.8. The van der Waals surface area contributed by atoms with E-state index in [0.29, 0.717) is 13.0 Å². The van der Waals surface area contributed by atoms with Crippen LogP contribution in [0.2, 0.25) is 0 Å². The molecule has 0 aliphatic rings. The van der Waals surface area contributed by atoms with Crippen LogP contribution in [-0.2, 0) is 11.2 Å². The van der Waals surface area contributed by atoms with Crippen LogP contribution in [-0.4, -0.2) is 30.5 Å². The van der Waals surface area contributed by atoms with E-state index in [0.717, 1.165) is 31.4 Å². The van der Waals surface area contributed by atoms with Gasteiger partial charge in [-0.2, -0.15) is 0 Å². The summed E-state index contributed by atoms with van der Waals surface area (Å²) in [5.41, 5.74) is 2.34. The topological polar surface area (TPSA) is 56.9 Å². The third-order valence-electron chi connectivity index (χ3n) is 3.35. The molecular formula is C16H23N3O. The van der Waals surface area contributed by atoms with E-state index in [4.69, 9.17) is 0 Å². The Morgan fingerprint density at radius 3 is 2.90 bits per heavy atom. The van der Waals surface area contributed by atoms with Gasteiger partial charge in [0.2, 0.25) is 5.91 Å². The molecule has 0 radical (unpaired) electrons. The number of amides is 1. The lowest BCUT2D eigenvalue weighted by molar-refractivity contribution is -0.121. The number of aromatic nitrogens is 1. The van der Waals surface area contributed by atoms with Crippen LogP contribution < -0.4 is 10.6 Å². The molecular weight excluding hydrogens is 250 g/mol. The molecule has 3 N–H and O–H groups in total. The standard InChI is InChI=1S/C16H23N3O/c1-2-9-17-10-11-18-16(20)8-7-13-12-19-15-6-4-3-5-14(13)15/h3-6,12,17,19H,2,7-11H2,1H3,(H,18,20). The zero-order valence-corrected chi connectivity index (χ0v) is 12.0. The molecule has 2 aromatic rings. The van der Waals surface area contributed by atoms with Crippen LogP contribution >= 0.6 is 0 Å². The normalized spacial score (nSPS) is 10.8. The van der Waals surface area contributed by atoms with E-state index in [9.17, 15) is 4.79 Å². The van der Waals surface area contributed by atoms with E-state index in [1.54, 1.807) is 0 Å². The van der Waals surface area contributed by atoms with Gasteiger partial charge in [0.15, 0.2) is 0 Å². The third kappa shape index (κ3) is 4.10. The van der Waals surface area contributed by atoms with Crippen LogP contribution in [0.15, 0.2) is 30.5 Å².